The summed E-state index contributed by atoms with van der Waals surface area (Å²) in [7, 11) is 0. The van der Waals surface area contributed by atoms with Crippen LogP contribution in [0.25, 0.3) is 0 Å². The molecular formula is C24H41N5O3. The number of alkyl carbamates (subject to hydrolysis) is 1. The molecule has 0 aliphatic carbocycles. The van der Waals surface area contributed by atoms with E-state index in [-0.39, 0.29) is 12.2 Å². The summed E-state index contributed by atoms with van der Waals surface area (Å²) in [6.07, 6.45) is 0.0903. The van der Waals surface area contributed by atoms with Gasteiger partial charge in [-0.25, -0.2) is 9.79 Å². The van der Waals surface area contributed by atoms with Crippen molar-refractivity contribution in [1.29, 1.82) is 0 Å². The Balaban J connectivity index is 1.90. The van der Waals surface area contributed by atoms with Gasteiger partial charge in [0.1, 0.15) is 5.60 Å². The quantitative estimate of drug-likeness (QED) is 0.323. The van der Waals surface area contributed by atoms with Crippen molar-refractivity contribution in [3.63, 3.8) is 0 Å². The molecule has 1 saturated heterocycles. The molecular weight excluding hydrogens is 406 g/mol. The van der Waals surface area contributed by atoms with Crippen LogP contribution in [-0.4, -0.2) is 67.5 Å². The van der Waals surface area contributed by atoms with Crippen molar-refractivity contribution in [3.05, 3.63) is 35.4 Å². The third kappa shape index (κ3) is 9.87. The highest BCUT2D eigenvalue weighted by Crippen LogP contribution is 2.17. The van der Waals surface area contributed by atoms with Gasteiger partial charge in [-0.15, -0.1) is 0 Å². The van der Waals surface area contributed by atoms with E-state index in [1.54, 1.807) is 0 Å². The van der Waals surface area contributed by atoms with Crippen LogP contribution < -0.4 is 16.0 Å². The molecule has 1 fully saturated rings. The SMILES string of the molecule is CCNC(=NCc1ccccc1CN1CC(C)OC(C)C1)NCCNC(=O)OC(C)(C)C. The third-order valence-electron chi connectivity index (χ3n) is 4.84. The maximum Gasteiger partial charge on any atom is 0.407 e. The zero-order chi connectivity index (χ0) is 23.6. The lowest BCUT2D eigenvalue weighted by Crippen LogP contribution is -2.45. The number of nitrogens with one attached hydrogen (secondary N) is 3. The summed E-state index contributed by atoms with van der Waals surface area (Å²) in [4.78, 5) is 19.0. The second-order valence-corrected chi connectivity index (χ2v) is 9.27. The van der Waals surface area contributed by atoms with Crippen LogP contribution in [0.15, 0.2) is 29.3 Å². The Morgan fingerprint density at radius 1 is 1.09 bits per heavy atom. The lowest BCUT2D eigenvalue weighted by atomic mass is 10.1. The van der Waals surface area contributed by atoms with Gasteiger partial charge < -0.3 is 25.4 Å². The molecule has 1 aromatic carbocycles. The summed E-state index contributed by atoms with van der Waals surface area (Å²) < 4.78 is 11.1. The summed E-state index contributed by atoms with van der Waals surface area (Å²) in [5.74, 6) is 0.724. The molecule has 1 aromatic rings. The molecule has 180 valence electrons. The van der Waals surface area contributed by atoms with E-state index >= 15 is 0 Å². The normalized spacial score (nSPS) is 20.0. The Morgan fingerprint density at radius 2 is 1.72 bits per heavy atom. The number of carbonyl (C=O) groups excluding carboxylic acids is 1. The summed E-state index contributed by atoms with van der Waals surface area (Å²) in [6, 6.07) is 8.46. The van der Waals surface area contributed by atoms with Gasteiger partial charge in [0, 0.05) is 39.3 Å². The number of carbonyl (C=O) groups is 1. The minimum Gasteiger partial charge on any atom is -0.444 e. The molecule has 0 aromatic heterocycles. The van der Waals surface area contributed by atoms with Crippen molar-refractivity contribution in [3.8, 4) is 0 Å². The molecule has 8 heteroatoms. The van der Waals surface area contributed by atoms with Crippen molar-refractivity contribution >= 4 is 12.1 Å². The predicted octanol–water partition coefficient (Wildman–Crippen LogP) is 2.88. The number of rotatable bonds is 8. The second-order valence-electron chi connectivity index (χ2n) is 9.27. The van der Waals surface area contributed by atoms with Crippen LogP contribution in [0.4, 0.5) is 4.79 Å². The van der Waals surface area contributed by atoms with Gasteiger partial charge in [0.05, 0.1) is 18.8 Å². The molecule has 0 spiro atoms. The van der Waals surface area contributed by atoms with Crippen LogP contribution in [0.5, 0.6) is 0 Å². The number of hydrogen-bond acceptors (Lipinski definition) is 5. The van der Waals surface area contributed by atoms with Crippen molar-refractivity contribution < 1.29 is 14.3 Å². The Bertz CT molecular complexity index is 737. The van der Waals surface area contributed by atoms with Crippen molar-refractivity contribution in [2.75, 3.05) is 32.7 Å². The van der Waals surface area contributed by atoms with Crippen molar-refractivity contribution in [1.82, 2.24) is 20.9 Å². The zero-order valence-electron chi connectivity index (χ0n) is 20.5. The van der Waals surface area contributed by atoms with Gasteiger partial charge in [0.2, 0.25) is 0 Å². The largest absolute Gasteiger partial charge is 0.444 e. The fraction of sp³-hybridized carbons (Fsp3) is 0.667. The van der Waals surface area contributed by atoms with Crippen molar-refractivity contribution in [2.45, 2.75) is 72.4 Å². The number of guanidine groups is 1. The van der Waals surface area contributed by atoms with Crippen LogP contribution in [0.3, 0.4) is 0 Å². The molecule has 1 heterocycles. The van der Waals surface area contributed by atoms with E-state index in [1.807, 2.05) is 27.7 Å². The van der Waals surface area contributed by atoms with Gasteiger partial charge >= 0.3 is 6.09 Å². The maximum atomic E-state index is 11.8. The Hall–Kier alpha value is -2.32. The fourth-order valence-electron chi connectivity index (χ4n) is 3.69. The van der Waals surface area contributed by atoms with Crippen LogP contribution in [-0.2, 0) is 22.6 Å². The first-order valence-corrected chi connectivity index (χ1v) is 11.6. The lowest BCUT2D eigenvalue weighted by Gasteiger charge is -2.35. The minimum atomic E-state index is -0.501. The molecule has 8 nitrogen and oxygen atoms in total. The summed E-state index contributed by atoms with van der Waals surface area (Å²) in [5.41, 5.74) is 2.00. The maximum absolute atomic E-state index is 11.8. The molecule has 2 unspecified atom stereocenters. The van der Waals surface area contributed by atoms with Crippen LogP contribution in [0.2, 0.25) is 0 Å². The highest BCUT2D eigenvalue weighted by atomic mass is 16.6. The number of morpholine rings is 1. The van der Waals surface area contributed by atoms with Gasteiger partial charge in [-0.2, -0.15) is 0 Å². The van der Waals surface area contributed by atoms with Crippen molar-refractivity contribution in [2.24, 2.45) is 4.99 Å². The molecule has 32 heavy (non-hydrogen) atoms. The lowest BCUT2D eigenvalue weighted by molar-refractivity contribution is -0.0705. The van der Waals surface area contributed by atoms with Gasteiger partial charge in [-0.1, -0.05) is 24.3 Å². The van der Waals surface area contributed by atoms with E-state index in [0.29, 0.717) is 19.6 Å². The topological polar surface area (TPSA) is 87.2 Å². The number of amides is 1. The molecule has 1 amide bonds. The molecule has 1 aliphatic heterocycles. The molecule has 2 rings (SSSR count). The number of nitrogens with zero attached hydrogens (tertiary/aromatic N) is 2. The standard InChI is InChI=1S/C24H41N5O3/c1-7-25-22(26-12-13-27-23(30)32-24(4,5)6)28-14-20-10-8-9-11-21(20)17-29-15-18(2)31-19(3)16-29/h8-11,18-19H,7,12-17H2,1-6H3,(H,27,30)(H2,25,26,28). The number of hydrogen-bond donors (Lipinski definition) is 3. The monoisotopic (exact) mass is 447 g/mol. The summed E-state index contributed by atoms with van der Waals surface area (Å²) >= 11 is 0. The Kier molecular flexibility index (Phi) is 10.3. The summed E-state index contributed by atoms with van der Waals surface area (Å²) in [6.45, 7) is 17.0. The Morgan fingerprint density at radius 3 is 2.34 bits per heavy atom. The first kappa shape index (κ1) is 25.9. The molecule has 1 aliphatic rings. The van der Waals surface area contributed by atoms with Crippen LogP contribution >= 0.6 is 0 Å². The van der Waals surface area contributed by atoms with Gasteiger partial charge in [-0.3, -0.25) is 4.90 Å². The first-order chi connectivity index (χ1) is 15.2. The van der Waals surface area contributed by atoms with E-state index in [4.69, 9.17) is 14.5 Å². The highest BCUT2D eigenvalue weighted by molar-refractivity contribution is 5.79. The zero-order valence-corrected chi connectivity index (χ0v) is 20.5. The van der Waals surface area contributed by atoms with E-state index in [1.165, 1.54) is 11.1 Å². The molecule has 0 bridgehead atoms. The predicted molar refractivity (Wildman–Crippen MR) is 129 cm³/mol. The van der Waals surface area contributed by atoms with Crippen LogP contribution in [0.1, 0.15) is 52.7 Å². The number of benzene rings is 1. The summed E-state index contributed by atoms with van der Waals surface area (Å²) in [5, 5.41) is 9.27. The molecule has 0 saturated carbocycles. The van der Waals surface area contributed by atoms with E-state index in [9.17, 15) is 4.79 Å². The van der Waals surface area contributed by atoms with Crippen LogP contribution in [0, 0.1) is 0 Å². The molecule has 0 radical (unpaired) electrons. The first-order valence-electron chi connectivity index (χ1n) is 11.6. The van der Waals surface area contributed by atoms with E-state index in [0.717, 1.165) is 32.1 Å². The van der Waals surface area contributed by atoms with Gasteiger partial charge in [-0.05, 0) is 52.7 Å². The minimum absolute atomic E-state index is 0.253. The van der Waals surface area contributed by atoms with Gasteiger partial charge in [0.15, 0.2) is 5.96 Å². The Labute approximate surface area is 193 Å². The third-order valence-corrected chi connectivity index (χ3v) is 4.84. The fourth-order valence-corrected chi connectivity index (χ4v) is 3.69. The van der Waals surface area contributed by atoms with E-state index in [2.05, 4.69) is 59.0 Å². The second kappa shape index (κ2) is 12.6. The highest BCUT2D eigenvalue weighted by Gasteiger charge is 2.22. The number of aliphatic imine (C=N–C) groups is 1. The van der Waals surface area contributed by atoms with E-state index < -0.39 is 11.7 Å². The average molecular weight is 448 g/mol. The van der Waals surface area contributed by atoms with Gasteiger partial charge in [0.25, 0.3) is 0 Å². The molecule has 3 N–H and O–H groups in total. The smallest absolute Gasteiger partial charge is 0.407 e. The average Bonchev–Trinajstić information content (AvgIpc) is 2.68. The molecule has 2 atom stereocenters. The number of ether oxygens (including phenoxy) is 2.